The first-order valence-corrected chi connectivity index (χ1v) is 16.5. The van der Waals surface area contributed by atoms with Crippen molar-refractivity contribution < 1.29 is 19.1 Å². The van der Waals surface area contributed by atoms with Crippen molar-refractivity contribution in [3.63, 3.8) is 0 Å². The van der Waals surface area contributed by atoms with Crippen LogP contribution in [0.3, 0.4) is 0 Å². The zero-order valence-corrected chi connectivity index (χ0v) is 27.0. The number of halogens is 1. The van der Waals surface area contributed by atoms with Crippen LogP contribution >= 0.6 is 11.6 Å². The molecule has 238 valence electrons. The van der Waals surface area contributed by atoms with Crippen LogP contribution in [-0.2, 0) is 9.53 Å². The Kier molecular flexibility index (Phi) is 7.61. The van der Waals surface area contributed by atoms with E-state index in [9.17, 15) is 9.59 Å². The Morgan fingerprint density at radius 2 is 1.62 bits per heavy atom. The van der Waals surface area contributed by atoms with Gasteiger partial charge in [-0.15, -0.1) is 11.6 Å². The molecule has 0 spiro atoms. The summed E-state index contributed by atoms with van der Waals surface area (Å²) in [6.45, 7) is 0.636. The number of aromatic nitrogens is 1. The lowest BCUT2D eigenvalue weighted by Crippen LogP contribution is -2.28. The zero-order valence-electron chi connectivity index (χ0n) is 26.2. The number of amides is 2. The van der Waals surface area contributed by atoms with Crippen molar-refractivity contribution in [1.82, 2.24) is 4.98 Å². The minimum atomic E-state index is -0.554. The molecule has 48 heavy (non-hydrogen) atoms. The first-order chi connectivity index (χ1) is 23.5. The minimum Gasteiger partial charge on any atom is -0.497 e. The highest BCUT2D eigenvalue weighted by atomic mass is 35.5. The number of hydrogen-bond acceptors (Lipinski definition) is 4. The zero-order chi connectivity index (χ0) is 32.8. The van der Waals surface area contributed by atoms with Gasteiger partial charge in [-0.25, -0.2) is 4.79 Å². The van der Waals surface area contributed by atoms with E-state index in [0.717, 1.165) is 55.5 Å². The van der Waals surface area contributed by atoms with Gasteiger partial charge < -0.3 is 19.4 Å². The second-order valence-electron chi connectivity index (χ2n) is 12.2. The molecule has 8 heteroatoms. The number of methoxy groups -OCH3 is 1. The molecule has 2 aliphatic rings. The summed E-state index contributed by atoms with van der Waals surface area (Å²) in [4.78, 5) is 32.2. The number of nitrogens with one attached hydrogen (secondary N) is 2. The number of benzene rings is 5. The molecule has 0 radical (unpaired) electrons. The minimum absolute atomic E-state index is 0.0522. The summed E-state index contributed by atoms with van der Waals surface area (Å²) in [5.41, 5.74) is 8.69. The summed E-state index contributed by atoms with van der Waals surface area (Å²) in [5, 5.41) is 5.79. The summed E-state index contributed by atoms with van der Waals surface area (Å²) >= 11 is 6.49. The molecule has 1 aliphatic heterocycles. The molecule has 0 bridgehead atoms. The second-order valence-corrected chi connectivity index (χ2v) is 12.5. The average molecular weight is 654 g/mol. The summed E-state index contributed by atoms with van der Waals surface area (Å²) < 4.78 is 11.2. The van der Waals surface area contributed by atoms with Gasteiger partial charge in [0.1, 0.15) is 12.4 Å². The Bertz CT molecular complexity index is 2210. The molecule has 0 saturated heterocycles. The molecule has 1 unspecified atom stereocenters. The highest BCUT2D eigenvalue weighted by molar-refractivity contribution is 6.19. The number of rotatable bonds is 7. The quantitative estimate of drug-likeness (QED) is 0.133. The molecule has 6 aromatic rings. The molecular formula is C40H32ClN3O4. The molecule has 1 atom stereocenters. The highest BCUT2D eigenvalue weighted by Crippen LogP contribution is 2.46. The predicted octanol–water partition coefficient (Wildman–Crippen LogP) is 9.07. The summed E-state index contributed by atoms with van der Waals surface area (Å²) in [6, 6.07) is 34.0. The van der Waals surface area contributed by atoms with E-state index in [2.05, 4.69) is 34.6 Å². The van der Waals surface area contributed by atoms with Crippen LogP contribution in [0.5, 0.6) is 5.75 Å². The topological polar surface area (TPSA) is 83.7 Å². The van der Waals surface area contributed by atoms with Crippen molar-refractivity contribution in [2.75, 3.05) is 36.4 Å². The van der Waals surface area contributed by atoms with E-state index in [1.165, 1.54) is 11.1 Å². The first-order valence-electron chi connectivity index (χ1n) is 15.9. The third-order valence-electron chi connectivity index (χ3n) is 9.45. The van der Waals surface area contributed by atoms with Crippen LogP contribution in [0.15, 0.2) is 109 Å². The monoisotopic (exact) mass is 653 g/mol. The molecule has 8 rings (SSSR count). The van der Waals surface area contributed by atoms with E-state index in [1.54, 1.807) is 24.2 Å². The first kappa shape index (κ1) is 29.8. The molecule has 0 fully saturated rings. The van der Waals surface area contributed by atoms with E-state index < -0.39 is 6.09 Å². The van der Waals surface area contributed by atoms with E-state index in [0.29, 0.717) is 18.1 Å². The van der Waals surface area contributed by atoms with Gasteiger partial charge in [0, 0.05) is 52.3 Å². The van der Waals surface area contributed by atoms with Gasteiger partial charge in [-0.2, -0.15) is 0 Å². The van der Waals surface area contributed by atoms with Crippen molar-refractivity contribution in [2.24, 2.45) is 0 Å². The van der Waals surface area contributed by atoms with Crippen LogP contribution < -0.4 is 15.0 Å². The Hall–Kier alpha value is -5.53. The number of hydrogen-bond donors (Lipinski definition) is 2. The Morgan fingerprint density at radius 3 is 2.35 bits per heavy atom. The standard InChI is InChI=1S/C40H32ClN3O4/c1-47-27-15-16-35-24(19-27)18-26(42-35)14-17-38(45)44-22-25(21-41)39-33-13-7-6-12-32(33)36(20-37(39)44)43-40(46)48-23-34-30-10-4-2-8-28(30)29-9-3-5-11-31(29)34/h2-20,25,34,42H,21-23H2,1H3,(H,43,46)/b17-14+. The van der Waals surface area contributed by atoms with Crippen LogP contribution in [0, 0.1) is 0 Å². The van der Waals surface area contributed by atoms with Gasteiger partial charge in [-0.1, -0.05) is 72.8 Å². The number of anilines is 2. The van der Waals surface area contributed by atoms with Crippen LogP contribution in [0.1, 0.15) is 34.2 Å². The van der Waals surface area contributed by atoms with Crippen molar-refractivity contribution in [1.29, 1.82) is 0 Å². The number of ether oxygens (including phenoxy) is 2. The second kappa shape index (κ2) is 12.2. The summed E-state index contributed by atoms with van der Waals surface area (Å²) in [6.07, 6.45) is 2.79. The van der Waals surface area contributed by atoms with Gasteiger partial charge in [-0.05, 0) is 69.6 Å². The van der Waals surface area contributed by atoms with Crippen LogP contribution in [0.2, 0.25) is 0 Å². The van der Waals surface area contributed by atoms with E-state index in [1.807, 2.05) is 78.9 Å². The van der Waals surface area contributed by atoms with Crippen LogP contribution in [0.25, 0.3) is 38.9 Å². The lowest BCUT2D eigenvalue weighted by Gasteiger charge is -2.19. The summed E-state index contributed by atoms with van der Waals surface area (Å²) in [7, 11) is 1.64. The number of nitrogens with zero attached hydrogens (tertiary/aromatic N) is 1. The third kappa shape index (κ3) is 5.17. The Labute approximate surface area is 282 Å². The molecule has 7 nitrogen and oxygen atoms in total. The van der Waals surface area contributed by atoms with Crippen molar-refractivity contribution in [2.45, 2.75) is 11.8 Å². The SMILES string of the molecule is COc1ccc2[nH]c(/C=C/C(=O)N3CC(CCl)c4c3cc(NC(=O)OCC3c5ccccc5-c5ccccc53)c3ccccc43)cc2c1. The fourth-order valence-corrected chi connectivity index (χ4v) is 7.48. The smallest absolute Gasteiger partial charge is 0.411 e. The van der Waals surface area contributed by atoms with Crippen LogP contribution in [-0.4, -0.2) is 43.1 Å². The maximum Gasteiger partial charge on any atom is 0.411 e. The fourth-order valence-electron chi connectivity index (χ4n) is 7.23. The van der Waals surface area contributed by atoms with E-state index in [-0.39, 0.29) is 24.3 Å². The van der Waals surface area contributed by atoms with Crippen LogP contribution in [0.4, 0.5) is 16.2 Å². The number of fused-ring (bicyclic) bond motifs is 7. The van der Waals surface area contributed by atoms with E-state index >= 15 is 0 Å². The fraction of sp³-hybridized carbons (Fsp3) is 0.150. The van der Waals surface area contributed by atoms with E-state index in [4.69, 9.17) is 21.1 Å². The summed E-state index contributed by atoms with van der Waals surface area (Å²) in [5.74, 6) is 0.829. The largest absolute Gasteiger partial charge is 0.497 e. The van der Waals surface area contributed by atoms with Gasteiger partial charge in [0.25, 0.3) is 5.91 Å². The maximum absolute atomic E-state index is 13.7. The van der Waals surface area contributed by atoms with Crippen molar-refractivity contribution in [3.05, 3.63) is 132 Å². The van der Waals surface area contributed by atoms with Gasteiger partial charge in [0.15, 0.2) is 0 Å². The van der Waals surface area contributed by atoms with Gasteiger partial charge in [0.05, 0.1) is 18.5 Å². The molecule has 2 amide bonds. The lowest BCUT2D eigenvalue weighted by atomic mass is 9.95. The third-order valence-corrected chi connectivity index (χ3v) is 9.83. The molecule has 0 saturated carbocycles. The highest BCUT2D eigenvalue weighted by Gasteiger charge is 2.34. The van der Waals surface area contributed by atoms with Gasteiger partial charge in [-0.3, -0.25) is 10.1 Å². The molecular weight excluding hydrogens is 622 g/mol. The number of H-pyrrole nitrogens is 1. The van der Waals surface area contributed by atoms with Gasteiger partial charge in [0.2, 0.25) is 0 Å². The lowest BCUT2D eigenvalue weighted by molar-refractivity contribution is -0.114. The van der Waals surface area contributed by atoms with Gasteiger partial charge >= 0.3 is 6.09 Å². The molecule has 5 aromatic carbocycles. The average Bonchev–Trinajstić information content (AvgIpc) is 3.81. The normalized spacial score (nSPS) is 15.1. The number of carbonyl (C=O) groups excluding carboxylic acids is 2. The molecule has 1 aromatic heterocycles. The molecule has 1 aliphatic carbocycles. The predicted molar refractivity (Wildman–Crippen MR) is 192 cm³/mol. The number of alkyl halides is 1. The number of carbonyl (C=O) groups is 2. The van der Waals surface area contributed by atoms with Crippen molar-refractivity contribution >= 4 is 62.7 Å². The Balaban J connectivity index is 1.06. The molecule has 2 N–H and O–H groups in total. The number of aromatic amines is 1. The Morgan fingerprint density at radius 1 is 0.917 bits per heavy atom. The molecule has 2 heterocycles. The maximum atomic E-state index is 13.7. The van der Waals surface area contributed by atoms with Crippen molar-refractivity contribution in [3.8, 4) is 16.9 Å².